The standard InChI is InChI=1S/C38H38F2IN5O4S/c1-6-23-13-27(32(17-31(23)44(4)5)50-11-8-7-10-49-20-22(3)47)36-26-9-12-51-38(26)35-33-28(14-24(39)15-29(33)40)34(37(35)42-36)30-16-25-19-45(41-48)21(2)18-46(25)43-30/h6-9,12-17,21-22,34,47H,1,10-11,18-20H2,2-5H3/b8-7+/t21?,22-,34?/m0/s1. The second-order valence-corrected chi connectivity index (χ2v) is 15.6. The van der Waals surface area contributed by atoms with Gasteiger partial charge in [0.1, 0.15) is 24.0 Å². The first-order valence-electron chi connectivity index (χ1n) is 16.6. The molecule has 7 rings (SSSR count). The second-order valence-electron chi connectivity index (χ2n) is 13.1. The van der Waals surface area contributed by atoms with Gasteiger partial charge < -0.3 is 19.5 Å². The molecular formula is C38H38F2IN5O4S. The number of thiophene rings is 1. The lowest BCUT2D eigenvalue weighted by molar-refractivity contribution is 0.0597. The van der Waals surface area contributed by atoms with E-state index in [0.717, 1.165) is 38.7 Å². The highest BCUT2D eigenvalue weighted by atomic mass is 127. The topological polar surface area (TPSA) is 93.0 Å². The van der Waals surface area contributed by atoms with Crippen molar-refractivity contribution >= 4 is 54.7 Å². The number of pyridine rings is 1. The van der Waals surface area contributed by atoms with E-state index in [-0.39, 0.29) is 19.3 Å². The first-order chi connectivity index (χ1) is 24.6. The molecule has 1 aliphatic carbocycles. The molecule has 0 saturated heterocycles. The van der Waals surface area contributed by atoms with E-state index in [1.165, 1.54) is 17.4 Å². The van der Waals surface area contributed by atoms with Crippen LogP contribution in [0.1, 0.15) is 48.0 Å². The number of aliphatic hydroxyl groups is 1. The summed E-state index contributed by atoms with van der Waals surface area (Å²) in [5.41, 5.74) is 6.75. The molecule has 51 heavy (non-hydrogen) atoms. The third-order valence-electron chi connectivity index (χ3n) is 9.21. The Kier molecular flexibility index (Phi) is 10.2. The van der Waals surface area contributed by atoms with Gasteiger partial charge in [-0.1, -0.05) is 18.7 Å². The molecule has 0 bridgehead atoms. The molecule has 266 valence electrons. The Morgan fingerprint density at radius 2 is 1.98 bits per heavy atom. The average Bonchev–Trinajstić information content (AvgIpc) is 3.82. The molecule has 0 amide bonds. The van der Waals surface area contributed by atoms with Crippen LogP contribution in [0.5, 0.6) is 5.75 Å². The van der Waals surface area contributed by atoms with Gasteiger partial charge in [-0.3, -0.25) is 12.7 Å². The van der Waals surface area contributed by atoms with E-state index in [9.17, 15) is 8.18 Å². The van der Waals surface area contributed by atoms with E-state index in [1.807, 2.05) is 75.5 Å². The third kappa shape index (κ3) is 6.65. The van der Waals surface area contributed by atoms with Crippen LogP contribution in [-0.4, -0.2) is 69.0 Å². The first kappa shape index (κ1) is 35.5. The highest BCUT2D eigenvalue weighted by Crippen LogP contribution is 2.54. The zero-order chi connectivity index (χ0) is 36.0. The molecule has 0 radical (unpaired) electrons. The van der Waals surface area contributed by atoms with Crippen molar-refractivity contribution in [2.45, 2.75) is 45.0 Å². The van der Waals surface area contributed by atoms with Gasteiger partial charge in [0.05, 0.1) is 61.1 Å². The van der Waals surface area contributed by atoms with E-state index in [1.54, 1.807) is 13.0 Å². The van der Waals surface area contributed by atoms with Crippen molar-refractivity contribution in [3.05, 3.63) is 100 Å². The number of halogens is 3. The maximum atomic E-state index is 15.9. The van der Waals surface area contributed by atoms with Crippen LogP contribution in [0.25, 0.3) is 38.5 Å². The Morgan fingerprint density at radius 3 is 2.73 bits per heavy atom. The summed E-state index contributed by atoms with van der Waals surface area (Å²) in [6.45, 7) is 9.65. The highest BCUT2D eigenvalue weighted by molar-refractivity contribution is 14.1. The SMILES string of the molecule is C=Cc1cc(-c2nc3c(c4sccc24)-c2c(F)cc(F)cc2C3c2cc3n(n2)CC(C)N(I=O)C3)c(OC/C=C/COC[C@H](C)O)cc1N(C)C. The number of nitrogens with zero attached hydrogens (tertiary/aromatic N) is 5. The summed E-state index contributed by atoms with van der Waals surface area (Å²) in [6.07, 6.45) is 4.96. The van der Waals surface area contributed by atoms with Gasteiger partial charge in [-0.15, -0.1) is 11.3 Å². The molecule has 5 aromatic rings. The largest absolute Gasteiger partial charge is 0.489 e. The minimum absolute atomic E-state index is 0.0540. The molecular weight excluding hydrogens is 787 g/mol. The smallest absolute Gasteiger partial charge is 0.240 e. The first-order valence-corrected chi connectivity index (χ1v) is 19.3. The van der Waals surface area contributed by atoms with Crippen LogP contribution < -0.4 is 9.64 Å². The highest BCUT2D eigenvalue weighted by Gasteiger charge is 2.39. The van der Waals surface area contributed by atoms with Crippen LogP contribution in [0, 0.1) is 11.6 Å². The van der Waals surface area contributed by atoms with Crippen LogP contribution in [0.4, 0.5) is 14.5 Å². The fourth-order valence-corrected chi connectivity index (χ4v) is 8.91. The zero-order valence-electron chi connectivity index (χ0n) is 28.7. The van der Waals surface area contributed by atoms with Crippen LogP contribution in [0.15, 0.2) is 60.5 Å². The van der Waals surface area contributed by atoms with E-state index in [0.29, 0.717) is 59.2 Å². The van der Waals surface area contributed by atoms with E-state index in [4.69, 9.17) is 19.6 Å². The maximum absolute atomic E-state index is 15.9. The molecule has 2 aromatic carbocycles. The van der Waals surface area contributed by atoms with Crippen molar-refractivity contribution in [1.82, 2.24) is 17.9 Å². The van der Waals surface area contributed by atoms with Gasteiger partial charge in [-0.25, -0.2) is 11.9 Å². The van der Waals surface area contributed by atoms with Crippen molar-refractivity contribution in [2.75, 3.05) is 38.8 Å². The van der Waals surface area contributed by atoms with Crippen molar-refractivity contribution in [1.29, 1.82) is 0 Å². The lowest BCUT2D eigenvalue weighted by atomic mass is 9.95. The minimum atomic E-state index is -1.36. The van der Waals surface area contributed by atoms with Gasteiger partial charge in [0.2, 0.25) is 21.5 Å². The van der Waals surface area contributed by atoms with Gasteiger partial charge >= 0.3 is 0 Å². The van der Waals surface area contributed by atoms with E-state index in [2.05, 4.69) is 6.58 Å². The van der Waals surface area contributed by atoms with Gasteiger partial charge in [0.15, 0.2) is 0 Å². The fourth-order valence-electron chi connectivity index (χ4n) is 6.90. The molecule has 4 heterocycles. The average molecular weight is 826 g/mol. The molecule has 0 spiro atoms. The minimum Gasteiger partial charge on any atom is -0.489 e. The number of aromatic nitrogens is 3. The molecule has 3 atom stereocenters. The quantitative estimate of drug-likeness (QED) is 0.0574. The molecule has 2 aliphatic rings. The number of hydrogen-bond acceptors (Lipinski definition) is 8. The molecule has 0 fully saturated rings. The predicted octanol–water partition coefficient (Wildman–Crippen LogP) is 8.08. The molecule has 1 N–H and O–H groups in total. The van der Waals surface area contributed by atoms with Crippen LogP contribution in [0.3, 0.4) is 0 Å². The Bertz CT molecular complexity index is 2180. The van der Waals surface area contributed by atoms with E-state index < -0.39 is 45.1 Å². The molecule has 1 aliphatic heterocycles. The molecule has 13 heteroatoms. The van der Waals surface area contributed by atoms with Crippen molar-refractivity contribution in [3.8, 4) is 28.1 Å². The van der Waals surface area contributed by atoms with Crippen molar-refractivity contribution in [2.24, 2.45) is 0 Å². The fraction of sp³-hybridized carbons (Fsp3) is 0.316. The normalized spacial score (nSPS) is 17.5. The lowest BCUT2D eigenvalue weighted by Crippen LogP contribution is -2.35. The number of fused-ring (bicyclic) bond motifs is 6. The number of ether oxygens (including phenoxy) is 2. The summed E-state index contributed by atoms with van der Waals surface area (Å²) in [5, 5.41) is 17.2. The van der Waals surface area contributed by atoms with Gasteiger partial charge in [-0.2, -0.15) is 5.10 Å². The number of benzene rings is 2. The monoisotopic (exact) mass is 825 g/mol. The Morgan fingerprint density at radius 1 is 1.18 bits per heavy atom. The van der Waals surface area contributed by atoms with Gasteiger partial charge in [0.25, 0.3) is 0 Å². The Labute approximate surface area is 309 Å². The van der Waals surface area contributed by atoms with Crippen molar-refractivity contribution < 1.29 is 26.4 Å². The van der Waals surface area contributed by atoms with Gasteiger partial charge in [0, 0.05) is 64.7 Å². The number of aliphatic hydroxyl groups excluding tert-OH is 1. The van der Waals surface area contributed by atoms with Crippen LogP contribution in [-0.2, 0) is 20.9 Å². The summed E-state index contributed by atoms with van der Waals surface area (Å²) in [7, 11) is 3.91. The number of hydrogen-bond donors (Lipinski definition) is 1. The summed E-state index contributed by atoms with van der Waals surface area (Å²) in [6, 6.07) is 10.3. The third-order valence-corrected chi connectivity index (χ3v) is 11.9. The zero-order valence-corrected chi connectivity index (χ0v) is 31.7. The Balaban J connectivity index is 1.39. The molecule has 0 saturated carbocycles. The molecule has 3 aromatic heterocycles. The van der Waals surface area contributed by atoms with Crippen LogP contribution >= 0.6 is 32.8 Å². The summed E-state index contributed by atoms with van der Waals surface area (Å²) in [4.78, 5) is 7.33. The Hall–Kier alpha value is -3.89. The maximum Gasteiger partial charge on any atom is 0.240 e. The molecule has 2 unspecified atom stereocenters. The number of rotatable bonds is 12. The van der Waals surface area contributed by atoms with E-state index >= 15 is 8.78 Å². The summed E-state index contributed by atoms with van der Waals surface area (Å²) in [5.74, 6) is -1.35. The second kappa shape index (κ2) is 14.6. The number of anilines is 1. The van der Waals surface area contributed by atoms with Crippen molar-refractivity contribution in [3.63, 3.8) is 0 Å². The van der Waals surface area contributed by atoms with Crippen LogP contribution in [0.2, 0.25) is 0 Å². The summed E-state index contributed by atoms with van der Waals surface area (Å²) < 4.78 is 59.5. The van der Waals surface area contributed by atoms with Gasteiger partial charge in [-0.05, 0) is 60.7 Å². The molecule has 9 nitrogen and oxygen atoms in total. The lowest BCUT2D eigenvalue weighted by Gasteiger charge is -2.27. The summed E-state index contributed by atoms with van der Waals surface area (Å²) >= 11 is 0.128. The predicted molar refractivity (Wildman–Crippen MR) is 205 cm³/mol.